The first kappa shape index (κ1) is 16.5. The van der Waals surface area contributed by atoms with Gasteiger partial charge in [0.15, 0.2) is 6.61 Å². The van der Waals surface area contributed by atoms with Crippen LogP contribution in [0.1, 0.15) is 27.7 Å². The lowest BCUT2D eigenvalue weighted by atomic mass is 10.1. The molecule has 0 saturated heterocycles. The van der Waals surface area contributed by atoms with E-state index in [9.17, 15) is 9.59 Å². The normalized spacial score (nSPS) is 13.3. The van der Waals surface area contributed by atoms with Crippen molar-refractivity contribution in [2.24, 2.45) is 0 Å². The van der Waals surface area contributed by atoms with E-state index >= 15 is 0 Å². The summed E-state index contributed by atoms with van der Waals surface area (Å²) >= 11 is 1.75. The molecule has 24 heavy (non-hydrogen) atoms. The third-order valence-corrected chi connectivity index (χ3v) is 4.91. The predicted molar refractivity (Wildman–Crippen MR) is 91.3 cm³/mol. The van der Waals surface area contributed by atoms with Crippen LogP contribution in [0.5, 0.6) is 5.75 Å². The molecule has 2 heterocycles. The van der Waals surface area contributed by atoms with Gasteiger partial charge in [0, 0.05) is 18.0 Å². The van der Waals surface area contributed by atoms with Gasteiger partial charge in [0.25, 0.3) is 5.91 Å². The second kappa shape index (κ2) is 7.49. The number of nitrogens with zero attached hydrogens (tertiary/aromatic N) is 1. The Morgan fingerprint density at radius 1 is 1.21 bits per heavy atom. The zero-order valence-electron chi connectivity index (χ0n) is 13.5. The van der Waals surface area contributed by atoms with Gasteiger partial charge >= 0.3 is 5.97 Å². The molecular formula is C18H19NO4S. The number of carbonyl (C=O) groups excluding carboxylic acids is 2. The molecule has 0 aliphatic carbocycles. The summed E-state index contributed by atoms with van der Waals surface area (Å²) in [7, 11) is 0. The molecule has 126 valence electrons. The number of fused-ring (bicyclic) bond motifs is 1. The van der Waals surface area contributed by atoms with Crippen molar-refractivity contribution >= 4 is 23.2 Å². The zero-order chi connectivity index (χ0) is 16.9. The summed E-state index contributed by atoms with van der Waals surface area (Å²) in [5, 5.41) is 2.07. The number of carbonyl (C=O) groups is 2. The third-order valence-electron chi connectivity index (χ3n) is 3.89. The van der Waals surface area contributed by atoms with E-state index in [0.717, 1.165) is 13.0 Å². The van der Waals surface area contributed by atoms with Crippen LogP contribution in [0.4, 0.5) is 0 Å². The molecule has 5 nitrogen and oxygen atoms in total. The highest BCUT2D eigenvalue weighted by molar-refractivity contribution is 7.10. The second-order valence-corrected chi connectivity index (χ2v) is 6.47. The van der Waals surface area contributed by atoms with E-state index in [1.165, 1.54) is 10.4 Å². The molecule has 0 fully saturated rings. The molecule has 0 radical (unpaired) electrons. The maximum absolute atomic E-state index is 12.3. The van der Waals surface area contributed by atoms with E-state index in [4.69, 9.17) is 9.47 Å². The van der Waals surface area contributed by atoms with Crippen LogP contribution in [-0.4, -0.2) is 36.5 Å². The molecule has 0 N–H and O–H groups in total. The Morgan fingerprint density at radius 2 is 2.00 bits per heavy atom. The molecule has 1 aromatic carbocycles. The summed E-state index contributed by atoms with van der Waals surface area (Å²) in [5.41, 5.74) is 1.70. The van der Waals surface area contributed by atoms with Crippen molar-refractivity contribution < 1.29 is 19.1 Å². The molecule has 1 aromatic heterocycles. The van der Waals surface area contributed by atoms with Gasteiger partial charge in [-0.25, -0.2) is 4.79 Å². The van der Waals surface area contributed by atoms with Gasteiger partial charge in [-0.15, -0.1) is 11.3 Å². The van der Waals surface area contributed by atoms with Crippen molar-refractivity contribution in [2.45, 2.75) is 19.9 Å². The van der Waals surface area contributed by atoms with Gasteiger partial charge in [0.1, 0.15) is 5.75 Å². The van der Waals surface area contributed by atoms with Crippen LogP contribution in [0, 0.1) is 0 Å². The van der Waals surface area contributed by atoms with Gasteiger partial charge in [-0.2, -0.15) is 0 Å². The molecule has 0 atom stereocenters. The fourth-order valence-corrected chi connectivity index (χ4v) is 3.49. The van der Waals surface area contributed by atoms with Gasteiger partial charge in [0.2, 0.25) is 0 Å². The van der Waals surface area contributed by atoms with E-state index < -0.39 is 0 Å². The first-order valence-electron chi connectivity index (χ1n) is 7.90. The summed E-state index contributed by atoms with van der Waals surface area (Å²) in [5.74, 6) is 0.172. The molecule has 0 spiro atoms. The Kier molecular flexibility index (Phi) is 5.15. The lowest BCUT2D eigenvalue weighted by Crippen LogP contribution is -2.38. The van der Waals surface area contributed by atoms with Crippen molar-refractivity contribution in [1.29, 1.82) is 0 Å². The average molecular weight is 345 g/mol. The first-order valence-corrected chi connectivity index (χ1v) is 8.78. The molecule has 1 aliphatic rings. The Labute approximate surface area is 144 Å². The molecule has 1 amide bonds. The molecule has 3 rings (SSSR count). The number of thiophene rings is 1. The standard InChI is InChI=1S/C18H19NO4S/c1-2-22-18(21)13-3-5-15(6-4-13)23-12-17(20)19-9-7-16-14(11-19)8-10-24-16/h3-6,8,10H,2,7,9,11-12H2,1H3. The molecule has 6 heteroatoms. The van der Waals surface area contributed by atoms with Crippen molar-refractivity contribution in [2.75, 3.05) is 19.8 Å². The molecule has 0 saturated carbocycles. The largest absolute Gasteiger partial charge is 0.484 e. The quantitative estimate of drug-likeness (QED) is 0.782. The summed E-state index contributed by atoms with van der Waals surface area (Å²) in [6.45, 7) is 3.49. The van der Waals surface area contributed by atoms with Gasteiger partial charge < -0.3 is 14.4 Å². The van der Waals surface area contributed by atoms with Crippen LogP contribution in [0.25, 0.3) is 0 Å². The maximum Gasteiger partial charge on any atom is 0.338 e. The lowest BCUT2D eigenvalue weighted by Gasteiger charge is -2.26. The van der Waals surface area contributed by atoms with Crippen molar-refractivity contribution in [3.8, 4) is 5.75 Å². The summed E-state index contributed by atoms with van der Waals surface area (Å²) in [4.78, 5) is 27.1. The smallest absolute Gasteiger partial charge is 0.338 e. The van der Waals surface area contributed by atoms with Crippen molar-refractivity contribution in [1.82, 2.24) is 4.90 Å². The summed E-state index contributed by atoms with van der Waals surface area (Å²) in [6.07, 6.45) is 0.910. The first-order chi connectivity index (χ1) is 11.7. The fourth-order valence-electron chi connectivity index (χ4n) is 2.60. The number of benzene rings is 1. The minimum absolute atomic E-state index is 0.00176. The van der Waals surface area contributed by atoms with Gasteiger partial charge in [-0.1, -0.05) is 0 Å². The number of ether oxygens (including phenoxy) is 2. The molecular weight excluding hydrogens is 326 g/mol. The van der Waals surface area contributed by atoms with E-state index in [1.54, 1.807) is 42.5 Å². The Balaban J connectivity index is 1.52. The van der Waals surface area contributed by atoms with Crippen LogP contribution in [-0.2, 0) is 22.5 Å². The van der Waals surface area contributed by atoms with Crippen LogP contribution in [0.15, 0.2) is 35.7 Å². The van der Waals surface area contributed by atoms with Gasteiger partial charge in [-0.05, 0) is 54.6 Å². The number of hydrogen-bond donors (Lipinski definition) is 0. The minimum Gasteiger partial charge on any atom is -0.484 e. The van der Waals surface area contributed by atoms with E-state index in [-0.39, 0.29) is 18.5 Å². The highest BCUT2D eigenvalue weighted by Gasteiger charge is 2.21. The monoisotopic (exact) mass is 345 g/mol. The molecule has 0 bridgehead atoms. The number of esters is 1. The van der Waals surface area contributed by atoms with E-state index in [1.807, 2.05) is 4.90 Å². The maximum atomic E-state index is 12.3. The topological polar surface area (TPSA) is 55.8 Å². The second-order valence-electron chi connectivity index (χ2n) is 5.47. The van der Waals surface area contributed by atoms with Crippen LogP contribution in [0.2, 0.25) is 0 Å². The fraction of sp³-hybridized carbons (Fsp3) is 0.333. The average Bonchev–Trinajstić information content (AvgIpc) is 3.08. The van der Waals surface area contributed by atoms with Crippen molar-refractivity contribution in [3.63, 3.8) is 0 Å². The zero-order valence-corrected chi connectivity index (χ0v) is 14.3. The highest BCUT2D eigenvalue weighted by Crippen LogP contribution is 2.24. The van der Waals surface area contributed by atoms with Gasteiger partial charge in [0.05, 0.1) is 12.2 Å². The summed E-state index contributed by atoms with van der Waals surface area (Å²) < 4.78 is 10.5. The summed E-state index contributed by atoms with van der Waals surface area (Å²) in [6, 6.07) is 8.69. The Hall–Kier alpha value is -2.34. The highest BCUT2D eigenvalue weighted by atomic mass is 32.1. The van der Waals surface area contributed by atoms with E-state index in [2.05, 4.69) is 11.4 Å². The Morgan fingerprint density at radius 3 is 2.75 bits per heavy atom. The molecule has 1 aliphatic heterocycles. The third kappa shape index (κ3) is 3.76. The van der Waals surface area contributed by atoms with Gasteiger partial charge in [-0.3, -0.25) is 4.79 Å². The van der Waals surface area contributed by atoms with Crippen molar-refractivity contribution in [3.05, 3.63) is 51.7 Å². The predicted octanol–water partition coefficient (Wildman–Crippen LogP) is 2.89. The number of hydrogen-bond acceptors (Lipinski definition) is 5. The number of amides is 1. The minimum atomic E-state index is -0.361. The van der Waals surface area contributed by atoms with E-state index in [0.29, 0.717) is 24.5 Å². The van der Waals surface area contributed by atoms with Crippen LogP contribution >= 0.6 is 11.3 Å². The lowest BCUT2D eigenvalue weighted by molar-refractivity contribution is -0.134. The molecule has 0 unspecified atom stereocenters. The molecule has 2 aromatic rings. The van der Waals surface area contributed by atoms with Crippen LogP contribution in [0.3, 0.4) is 0 Å². The SMILES string of the molecule is CCOC(=O)c1ccc(OCC(=O)N2CCc3sccc3C2)cc1. The number of rotatable bonds is 5. The van der Waals surface area contributed by atoms with Crippen LogP contribution < -0.4 is 4.74 Å². The Bertz CT molecular complexity index is 723.